The lowest BCUT2D eigenvalue weighted by atomic mass is 9.77. The molecular weight excluding hydrogens is 452 g/mol. The number of hydrogen-bond acceptors (Lipinski definition) is 6. The molecule has 1 unspecified atom stereocenters. The predicted octanol–water partition coefficient (Wildman–Crippen LogP) is 4.09. The number of rotatable bonds is 4. The molecule has 1 atom stereocenters. The lowest BCUT2D eigenvalue weighted by Gasteiger charge is -2.37. The van der Waals surface area contributed by atoms with Gasteiger partial charge in [-0.1, -0.05) is 0 Å². The maximum absolute atomic E-state index is 13.2. The smallest absolute Gasteiger partial charge is 0.233 e. The van der Waals surface area contributed by atoms with Crippen LogP contribution in [0.3, 0.4) is 0 Å². The second-order valence-corrected chi connectivity index (χ2v) is 8.15. The van der Waals surface area contributed by atoms with Gasteiger partial charge in [-0.05, 0) is 58.6 Å². The normalized spacial score (nSPS) is 19.0. The monoisotopic (exact) mass is 472 g/mol. The molecule has 30 heavy (non-hydrogen) atoms. The van der Waals surface area contributed by atoms with Crippen molar-refractivity contribution in [1.82, 2.24) is 4.98 Å². The summed E-state index contributed by atoms with van der Waals surface area (Å²) in [5, 5.41) is 10.2. The Morgan fingerprint density at radius 1 is 1.13 bits per heavy atom. The number of carbonyl (C=O) groups excluding carboxylic acids is 2. The van der Waals surface area contributed by atoms with Gasteiger partial charge in [0.2, 0.25) is 11.7 Å². The molecule has 1 aromatic heterocycles. The number of carbonyl (C=O) groups is 2. The van der Waals surface area contributed by atoms with Gasteiger partial charge in [0.05, 0.1) is 14.2 Å². The van der Waals surface area contributed by atoms with Crippen molar-refractivity contribution >= 4 is 33.4 Å². The van der Waals surface area contributed by atoms with Crippen molar-refractivity contribution in [2.45, 2.75) is 31.6 Å². The molecular formula is C22H21BrN2O5. The number of aromatic nitrogens is 1. The first-order valence-electron chi connectivity index (χ1n) is 9.60. The first-order chi connectivity index (χ1) is 14.4. The maximum atomic E-state index is 13.2. The van der Waals surface area contributed by atoms with E-state index in [4.69, 9.17) is 9.47 Å². The Morgan fingerprint density at radius 2 is 1.83 bits per heavy atom. The van der Waals surface area contributed by atoms with E-state index in [1.165, 1.54) is 14.2 Å². The van der Waals surface area contributed by atoms with E-state index in [1.54, 1.807) is 29.3 Å². The number of aromatic hydroxyl groups is 1. The number of ether oxygens (including phenoxy) is 2. The van der Waals surface area contributed by atoms with E-state index in [0.717, 1.165) is 4.47 Å². The van der Waals surface area contributed by atoms with Crippen LogP contribution in [0.1, 0.15) is 37.2 Å². The van der Waals surface area contributed by atoms with Crippen LogP contribution < -0.4 is 14.4 Å². The number of methoxy groups -OCH3 is 2. The second kappa shape index (κ2) is 8.10. The number of phenols is 1. The molecule has 0 saturated heterocycles. The summed E-state index contributed by atoms with van der Waals surface area (Å²) in [6.07, 6.45) is 3.49. The summed E-state index contributed by atoms with van der Waals surface area (Å²) < 4.78 is 11.3. The maximum Gasteiger partial charge on any atom is 0.233 e. The number of pyridine rings is 1. The predicted molar refractivity (Wildman–Crippen MR) is 114 cm³/mol. The minimum atomic E-state index is -0.435. The molecule has 2 aliphatic rings. The molecule has 0 fully saturated rings. The number of phenolic OH excluding ortho intramolecular Hbond substituents is 1. The number of nitrogens with zero attached hydrogens (tertiary/aromatic N) is 2. The lowest BCUT2D eigenvalue weighted by Crippen LogP contribution is -2.41. The molecule has 8 heteroatoms. The van der Waals surface area contributed by atoms with Gasteiger partial charge in [0.25, 0.3) is 0 Å². The molecule has 0 radical (unpaired) electrons. The third kappa shape index (κ3) is 3.45. The Kier molecular flexibility index (Phi) is 5.51. The highest BCUT2D eigenvalue weighted by molar-refractivity contribution is 9.10. The Balaban J connectivity index is 1.87. The molecule has 1 aliphatic carbocycles. The van der Waals surface area contributed by atoms with Crippen LogP contribution in [0.2, 0.25) is 0 Å². The van der Waals surface area contributed by atoms with Gasteiger partial charge >= 0.3 is 0 Å². The van der Waals surface area contributed by atoms with Gasteiger partial charge in [-0.2, -0.15) is 0 Å². The SMILES string of the molecule is COc1cc(C2CC(=O)N(c3ccc(Br)cn3)C3=C2C(=O)CCC3)cc(OC)c1O. The quantitative estimate of drug-likeness (QED) is 0.720. The summed E-state index contributed by atoms with van der Waals surface area (Å²) in [5.41, 5.74) is 2.02. The Morgan fingerprint density at radius 3 is 2.43 bits per heavy atom. The topological polar surface area (TPSA) is 89.0 Å². The fourth-order valence-electron chi connectivity index (χ4n) is 4.16. The molecule has 1 N–H and O–H groups in total. The van der Waals surface area contributed by atoms with Crippen molar-refractivity contribution in [3.8, 4) is 17.2 Å². The van der Waals surface area contributed by atoms with Crippen molar-refractivity contribution in [3.63, 3.8) is 0 Å². The van der Waals surface area contributed by atoms with Crippen LogP contribution in [-0.4, -0.2) is 36.0 Å². The number of amides is 1. The Hall–Kier alpha value is -2.87. The number of Topliss-reactive ketones (excluding diaryl/α,β-unsaturated/α-hetero) is 1. The van der Waals surface area contributed by atoms with Crippen LogP contribution in [0.4, 0.5) is 5.82 Å². The number of allylic oxidation sites excluding steroid dienone is 2. The van der Waals surface area contributed by atoms with Crippen LogP contribution in [0, 0.1) is 0 Å². The highest BCUT2D eigenvalue weighted by Gasteiger charge is 2.40. The minimum Gasteiger partial charge on any atom is -0.502 e. The lowest BCUT2D eigenvalue weighted by molar-refractivity contribution is -0.120. The summed E-state index contributed by atoms with van der Waals surface area (Å²) >= 11 is 3.36. The third-order valence-electron chi connectivity index (χ3n) is 5.52. The average molecular weight is 473 g/mol. The van der Waals surface area contributed by atoms with Crippen molar-refractivity contribution in [2.24, 2.45) is 0 Å². The molecule has 0 saturated carbocycles. The van der Waals surface area contributed by atoms with Crippen LogP contribution in [0.25, 0.3) is 0 Å². The number of benzene rings is 1. The number of anilines is 1. The van der Waals surface area contributed by atoms with Crippen LogP contribution in [0.5, 0.6) is 17.2 Å². The molecule has 7 nitrogen and oxygen atoms in total. The molecule has 4 rings (SSSR count). The molecule has 2 aromatic rings. The van der Waals surface area contributed by atoms with Gasteiger partial charge in [0.15, 0.2) is 17.3 Å². The van der Waals surface area contributed by atoms with Gasteiger partial charge in [-0.25, -0.2) is 4.98 Å². The van der Waals surface area contributed by atoms with E-state index < -0.39 is 5.92 Å². The van der Waals surface area contributed by atoms with Crippen LogP contribution in [-0.2, 0) is 9.59 Å². The van der Waals surface area contributed by atoms with Crippen molar-refractivity contribution < 1.29 is 24.2 Å². The summed E-state index contributed by atoms with van der Waals surface area (Å²) in [4.78, 5) is 32.2. The van der Waals surface area contributed by atoms with Crippen molar-refractivity contribution in [3.05, 3.63) is 51.8 Å². The molecule has 0 bridgehead atoms. The summed E-state index contributed by atoms with van der Waals surface area (Å²) in [6.45, 7) is 0. The standard InChI is InChI=1S/C22H21BrN2O5/c1-29-17-8-12(9-18(30-2)22(17)28)14-10-20(27)25(19-7-6-13(23)11-24-19)15-4-3-5-16(26)21(14)15/h6-9,11,14,28H,3-5,10H2,1-2H3. The first kappa shape index (κ1) is 20.4. The average Bonchev–Trinajstić information content (AvgIpc) is 2.74. The zero-order valence-electron chi connectivity index (χ0n) is 16.6. The van der Waals surface area contributed by atoms with Gasteiger partial charge in [0.1, 0.15) is 5.82 Å². The zero-order valence-corrected chi connectivity index (χ0v) is 18.2. The van der Waals surface area contributed by atoms with Gasteiger partial charge in [-0.15, -0.1) is 0 Å². The molecule has 2 heterocycles. The van der Waals surface area contributed by atoms with E-state index >= 15 is 0 Å². The van der Waals surface area contributed by atoms with Gasteiger partial charge < -0.3 is 14.6 Å². The molecule has 0 spiro atoms. The van der Waals surface area contributed by atoms with E-state index in [2.05, 4.69) is 20.9 Å². The Labute approximate surface area is 182 Å². The number of hydrogen-bond donors (Lipinski definition) is 1. The van der Waals surface area contributed by atoms with E-state index in [-0.39, 0.29) is 35.4 Å². The summed E-state index contributed by atoms with van der Waals surface area (Å²) in [6, 6.07) is 6.91. The fraction of sp³-hybridized carbons (Fsp3) is 0.318. The molecule has 1 amide bonds. The largest absolute Gasteiger partial charge is 0.502 e. The minimum absolute atomic E-state index is 0.0295. The summed E-state index contributed by atoms with van der Waals surface area (Å²) in [5.74, 6) is 0.324. The molecule has 156 valence electrons. The van der Waals surface area contributed by atoms with Crippen molar-refractivity contribution in [2.75, 3.05) is 19.1 Å². The van der Waals surface area contributed by atoms with Crippen molar-refractivity contribution in [1.29, 1.82) is 0 Å². The third-order valence-corrected chi connectivity index (χ3v) is 5.99. The highest BCUT2D eigenvalue weighted by atomic mass is 79.9. The highest BCUT2D eigenvalue weighted by Crippen LogP contribution is 2.46. The summed E-state index contributed by atoms with van der Waals surface area (Å²) in [7, 11) is 2.89. The fourth-order valence-corrected chi connectivity index (χ4v) is 4.39. The zero-order chi connectivity index (χ0) is 21.4. The second-order valence-electron chi connectivity index (χ2n) is 7.23. The number of ketones is 1. The first-order valence-corrected chi connectivity index (χ1v) is 10.4. The van der Waals surface area contributed by atoms with Gasteiger partial charge in [0, 0.05) is 40.7 Å². The molecule has 1 aromatic carbocycles. The van der Waals surface area contributed by atoms with E-state index in [0.29, 0.717) is 41.9 Å². The van der Waals surface area contributed by atoms with Crippen LogP contribution >= 0.6 is 15.9 Å². The number of halogens is 1. The van der Waals surface area contributed by atoms with Gasteiger partial charge in [-0.3, -0.25) is 14.5 Å². The van der Waals surface area contributed by atoms with E-state index in [1.807, 2.05) is 6.07 Å². The molecule has 1 aliphatic heterocycles. The Bertz CT molecular complexity index is 1020. The van der Waals surface area contributed by atoms with E-state index in [9.17, 15) is 14.7 Å². The van der Waals surface area contributed by atoms with Crippen LogP contribution in [0.15, 0.2) is 46.2 Å².